The molecule has 0 saturated heterocycles. The lowest BCUT2D eigenvalue weighted by Crippen LogP contribution is -1.93. The van der Waals surface area contributed by atoms with Gasteiger partial charge in [-0.15, -0.1) is 0 Å². The fraction of sp³-hybridized carbons (Fsp3) is 0. The molecular formula is C126H83N3. The van der Waals surface area contributed by atoms with E-state index in [1.807, 2.05) is 0 Å². The molecule has 3 heteroatoms. The monoisotopic (exact) mass is 1640 g/mol. The predicted octanol–water partition coefficient (Wildman–Crippen LogP) is 34.6. The molecule has 3 aromatic heterocycles. The zero-order chi connectivity index (χ0) is 85.2. The van der Waals surface area contributed by atoms with Gasteiger partial charge in [-0.2, -0.15) is 0 Å². The Morgan fingerprint density at radius 1 is 0.101 bits per heavy atom. The Kier molecular flexibility index (Phi) is 19.0. The van der Waals surface area contributed by atoms with Crippen molar-refractivity contribution in [1.29, 1.82) is 0 Å². The summed E-state index contributed by atoms with van der Waals surface area (Å²) < 4.78 is 7.11. The van der Waals surface area contributed by atoms with Crippen molar-refractivity contribution in [1.82, 2.24) is 13.7 Å². The minimum atomic E-state index is 1.18. The van der Waals surface area contributed by atoms with Crippen LogP contribution in [0.3, 0.4) is 0 Å². The lowest BCUT2D eigenvalue weighted by atomic mass is 9.88. The van der Waals surface area contributed by atoms with E-state index in [2.05, 4.69) is 517 Å². The Bertz CT molecular complexity index is 8870. The first-order valence-electron chi connectivity index (χ1n) is 44.5. The zero-order valence-electron chi connectivity index (χ0n) is 70.8. The van der Waals surface area contributed by atoms with Crippen LogP contribution in [-0.4, -0.2) is 13.7 Å². The maximum absolute atomic E-state index is 2.37. The molecule has 0 amide bonds. The molecule has 0 unspecified atom stereocenters. The van der Waals surface area contributed by atoms with Gasteiger partial charge in [-0.1, -0.05) is 376 Å². The van der Waals surface area contributed by atoms with E-state index in [0.717, 1.165) is 0 Å². The number of hydrogen-bond acceptors (Lipinski definition) is 0. The number of aromatic nitrogens is 3. The van der Waals surface area contributed by atoms with E-state index < -0.39 is 0 Å². The molecule has 26 aromatic rings. The molecule has 602 valence electrons. The molecule has 0 bridgehead atoms. The van der Waals surface area contributed by atoms with Crippen molar-refractivity contribution in [2.24, 2.45) is 0 Å². The number of para-hydroxylation sites is 6. The van der Waals surface area contributed by atoms with E-state index in [-0.39, 0.29) is 0 Å². The van der Waals surface area contributed by atoms with E-state index in [4.69, 9.17) is 0 Å². The topological polar surface area (TPSA) is 14.8 Å². The summed E-state index contributed by atoms with van der Waals surface area (Å²) in [5.41, 5.74) is 30.6. The van der Waals surface area contributed by atoms with Crippen molar-refractivity contribution < 1.29 is 0 Å². The van der Waals surface area contributed by atoms with Crippen LogP contribution in [0, 0.1) is 0 Å². The van der Waals surface area contributed by atoms with Gasteiger partial charge in [0, 0.05) is 49.4 Å². The Morgan fingerprint density at radius 3 is 0.690 bits per heavy atom. The average Bonchev–Trinajstić information content (AvgIpc) is 1.60. The molecule has 0 saturated carbocycles. The lowest BCUT2D eigenvalue weighted by molar-refractivity contribution is 1.18. The number of nitrogens with zero attached hydrogens (tertiary/aromatic N) is 3. The van der Waals surface area contributed by atoms with Gasteiger partial charge >= 0.3 is 0 Å². The summed E-state index contributed by atoms with van der Waals surface area (Å²) in [6.07, 6.45) is 0. The molecule has 26 rings (SSSR count). The van der Waals surface area contributed by atoms with Crippen molar-refractivity contribution in [3.63, 3.8) is 0 Å². The van der Waals surface area contributed by atoms with Crippen molar-refractivity contribution in [2.75, 3.05) is 0 Å². The van der Waals surface area contributed by atoms with Gasteiger partial charge in [0.05, 0.1) is 33.1 Å². The zero-order valence-corrected chi connectivity index (χ0v) is 70.8. The quantitative estimate of drug-likeness (QED) is 0.115. The first-order chi connectivity index (χ1) is 64.0. The van der Waals surface area contributed by atoms with Crippen LogP contribution in [0.4, 0.5) is 0 Å². The fourth-order valence-electron chi connectivity index (χ4n) is 20.4. The maximum Gasteiger partial charge on any atom is 0.0541 e. The number of rotatable bonds is 11. The van der Waals surface area contributed by atoms with Crippen LogP contribution in [-0.2, 0) is 0 Å². The van der Waals surface area contributed by atoms with Crippen molar-refractivity contribution in [3.05, 3.63) is 504 Å². The number of benzene rings is 23. The normalized spacial score (nSPS) is 11.6. The largest absolute Gasteiger partial charge is 0.309 e. The standard InChI is InChI=1S/2C44H29N.C38H25N/c1-2-17-36(18-3-1)45-43-23-9-8-22-40(43)42-28-33(24-25-44(42)45)31-14-10-13-30(26-31)32-15-11-16-34(27-32)41-29-35-12-4-5-19-37(35)38-20-6-7-21-39(38)41;1-2-16-34(17-3-1)45-43-24-11-10-23-40(43)42-28-31(25-26-44(42)45)30-14-12-15-32(27-30)35-19-6-7-21-38(35)41-29-33-13-4-5-18-36(33)37-20-8-9-22-39(37)41;1-2-13-28(14-3-1)39-37-21-11-10-20-34(37)36-25-27(22-23-38(36)39)30-16-6-7-18-32(30)35-24-26-12-4-5-15-29(26)31-17-8-9-19-33(31)35/h2*1-29H;1-25H. The van der Waals surface area contributed by atoms with E-state index in [1.165, 1.54) is 236 Å². The van der Waals surface area contributed by atoms with E-state index in [0.29, 0.717) is 0 Å². The van der Waals surface area contributed by atoms with Gasteiger partial charge < -0.3 is 13.7 Å². The Labute approximate surface area is 748 Å². The number of fused-ring (bicyclic) bond motifs is 18. The van der Waals surface area contributed by atoms with E-state index in [9.17, 15) is 0 Å². The molecule has 3 heterocycles. The Hall–Kier alpha value is -17.0. The third-order valence-electron chi connectivity index (χ3n) is 26.3. The SMILES string of the molecule is c1ccc(-n2c3ccccc3c3cc(-c4cccc(-c5cccc(-c6cc7ccccc7c7ccccc67)c5)c4)ccc32)cc1.c1ccc(-n2c3ccccc3c3cc(-c4cccc(-c5ccccc5-c5cc6ccccc6c6ccccc56)c4)ccc32)cc1.c1ccc(-n2c3ccccc3c3cc(-c4ccccc4-c4cc5ccccc5c5ccccc45)ccc32)cc1. The smallest absolute Gasteiger partial charge is 0.0541 e. The summed E-state index contributed by atoms with van der Waals surface area (Å²) in [6, 6.07) is 183. The van der Waals surface area contributed by atoms with E-state index >= 15 is 0 Å². The second-order valence-corrected chi connectivity index (χ2v) is 33.7. The first kappa shape index (κ1) is 75.7. The second-order valence-electron chi connectivity index (χ2n) is 33.7. The summed E-state index contributed by atoms with van der Waals surface area (Å²) in [4.78, 5) is 0. The van der Waals surface area contributed by atoms with Crippen LogP contribution in [0.25, 0.3) is 236 Å². The minimum Gasteiger partial charge on any atom is -0.309 e. The van der Waals surface area contributed by atoms with Crippen LogP contribution in [0.2, 0.25) is 0 Å². The molecule has 0 aliphatic rings. The molecule has 0 atom stereocenters. The van der Waals surface area contributed by atoms with Gasteiger partial charge in [-0.25, -0.2) is 0 Å². The molecule has 0 radical (unpaired) electrons. The van der Waals surface area contributed by atoms with Gasteiger partial charge in [0.15, 0.2) is 0 Å². The molecule has 0 spiro atoms. The van der Waals surface area contributed by atoms with Crippen molar-refractivity contribution >= 4 is 130 Å². The van der Waals surface area contributed by atoms with Crippen LogP contribution >= 0.6 is 0 Å². The third kappa shape index (κ3) is 13.5. The van der Waals surface area contributed by atoms with E-state index in [1.54, 1.807) is 0 Å². The summed E-state index contributed by atoms with van der Waals surface area (Å²) in [6.45, 7) is 0. The van der Waals surface area contributed by atoms with Crippen LogP contribution < -0.4 is 0 Å². The van der Waals surface area contributed by atoms with Gasteiger partial charge in [0.1, 0.15) is 0 Å². The lowest BCUT2D eigenvalue weighted by Gasteiger charge is -2.15. The van der Waals surface area contributed by atoms with Crippen molar-refractivity contribution in [2.45, 2.75) is 0 Å². The highest BCUT2D eigenvalue weighted by atomic mass is 15.0. The van der Waals surface area contributed by atoms with Gasteiger partial charge in [-0.05, 0) is 281 Å². The van der Waals surface area contributed by atoms with Crippen LogP contribution in [0.5, 0.6) is 0 Å². The summed E-state index contributed by atoms with van der Waals surface area (Å²) in [5.74, 6) is 0. The molecular weight excluding hydrogens is 1560 g/mol. The first-order valence-corrected chi connectivity index (χ1v) is 44.5. The molecule has 0 fully saturated rings. The van der Waals surface area contributed by atoms with Crippen LogP contribution in [0.15, 0.2) is 504 Å². The van der Waals surface area contributed by atoms with Gasteiger partial charge in [0.25, 0.3) is 0 Å². The highest BCUT2D eigenvalue weighted by Gasteiger charge is 2.22. The van der Waals surface area contributed by atoms with Gasteiger partial charge in [0.2, 0.25) is 0 Å². The molecule has 3 nitrogen and oxygen atoms in total. The summed E-state index contributed by atoms with van der Waals surface area (Å²) in [7, 11) is 0. The Morgan fingerprint density at radius 2 is 0.326 bits per heavy atom. The molecule has 0 N–H and O–H groups in total. The van der Waals surface area contributed by atoms with Gasteiger partial charge in [-0.3, -0.25) is 0 Å². The maximum atomic E-state index is 2.37. The summed E-state index contributed by atoms with van der Waals surface area (Å²) >= 11 is 0. The highest BCUT2D eigenvalue weighted by molar-refractivity contribution is 6.19. The highest BCUT2D eigenvalue weighted by Crippen LogP contribution is 2.47. The molecule has 129 heavy (non-hydrogen) atoms. The second kappa shape index (κ2) is 32.3. The Balaban J connectivity index is 0.000000108. The summed E-state index contributed by atoms with van der Waals surface area (Å²) in [5, 5.41) is 23.0. The van der Waals surface area contributed by atoms with Crippen LogP contribution in [0.1, 0.15) is 0 Å². The molecule has 0 aliphatic heterocycles. The molecule has 0 aliphatic carbocycles. The van der Waals surface area contributed by atoms with Crippen molar-refractivity contribution in [3.8, 4) is 106 Å². The molecule has 23 aromatic carbocycles. The number of hydrogen-bond donors (Lipinski definition) is 0. The average molecular weight is 1640 g/mol. The minimum absolute atomic E-state index is 1.18. The third-order valence-corrected chi connectivity index (χ3v) is 26.3. The fourth-order valence-corrected chi connectivity index (χ4v) is 20.4. The predicted molar refractivity (Wildman–Crippen MR) is 551 cm³/mol.